The fourth-order valence-corrected chi connectivity index (χ4v) is 5.20. The van der Waals surface area contributed by atoms with Crippen molar-refractivity contribution in [1.82, 2.24) is 14.9 Å². The zero-order valence-corrected chi connectivity index (χ0v) is 22.5. The van der Waals surface area contributed by atoms with Gasteiger partial charge < -0.3 is 20.4 Å². The normalized spacial score (nSPS) is 18.0. The second kappa shape index (κ2) is 12.0. The van der Waals surface area contributed by atoms with E-state index in [4.69, 9.17) is 0 Å². The number of likely N-dealkylation sites (tertiary alicyclic amines) is 1. The zero-order chi connectivity index (χ0) is 27.3. The molecule has 0 saturated carbocycles. The largest absolute Gasteiger partial charge is 0.405 e. The molecule has 1 saturated heterocycles. The topological polar surface area (TPSA) is 56.3 Å². The van der Waals surface area contributed by atoms with E-state index in [0.29, 0.717) is 35.5 Å². The molecule has 204 valence electrons. The zero-order valence-electron chi connectivity index (χ0n) is 22.5. The Labute approximate surface area is 223 Å². The summed E-state index contributed by atoms with van der Waals surface area (Å²) in [4.78, 5) is 12.9. The number of aromatic nitrogens is 2. The number of halogens is 3. The van der Waals surface area contributed by atoms with E-state index in [1.807, 2.05) is 62.4 Å². The predicted molar refractivity (Wildman–Crippen MR) is 149 cm³/mol. The first-order chi connectivity index (χ1) is 18.3. The van der Waals surface area contributed by atoms with Crippen molar-refractivity contribution in [2.24, 2.45) is 0 Å². The van der Waals surface area contributed by atoms with Gasteiger partial charge in [0.1, 0.15) is 6.54 Å². The van der Waals surface area contributed by atoms with Gasteiger partial charge in [-0.25, -0.2) is 9.97 Å². The Morgan fingerprint density at radius 2 is 1.68 bits per heavy atom. The number of nitrogens with zero attached hydrogens (tertiary/aromatic N) is 4. The van der Waals surface area contributed by atoms with Crippen molar-refractivity contribution >= 4 is 17.3 Å². The third-order valence-electron chi connectivity index (χ3n) is 7.04. The first kappa shape index (κ1) is 27.7. The molecule has 1 fully saturated rings. The van der Waals surface area contributed by atoms with Crippen molar-refractivity contribution in [2.75, 3.05) is 49.3 Å². The number of rotatable bonds is 6. The molecule has 9 heteroatoms. The number of piperidine rings is 1. The Kier molecular flexibility index (Phi) is 8.76. The molecular weight excluding hydrogens is 489 g/mol. The summed E-state index contributed by atoms with van der Waals surface area (Å²) in [5.41, 5.74) is 4.58. The average Bonchev–Trinajstić information content (AvgIpc) is 3.29. The smallest absolute Gasteiger partial charge is 0.382 e. The second-order valence-electron chi connectivity index (χ2n) is 9.61. The molecule has 5 rings (SSSR count). The van der Waals surface area contributed by atoms with Gasteiger partial charge in [0.2, 0.25) is 5.95 Å². The van der Waals surface area contributed by atoms with Crippen molar-refractivity contribution in [3.8, 4) is 11.3 Å². The van der Waals surface area contributed by atoms with E-state index in [1.165, 1.54) is 4.90 Å². The van der Waals surface area contributed by atoms with Crippen LogP contribution in [-0.4, -0.2) is 60.8 Å². The third-order valence-corrected chi connectivity index (χ3v) is 7.04. The Balaban J connectivity index is 0.00000164. The fraction of sp³-hybridized carbons (Fsp3) is 0.448. The fourth-order valence-electron chi connectivity index (χ4n) is 5.20. The second-order valence-corrected chi connectivity index (χ2v) is 9.61. The number of hydrogen-bond donors (Lipinski definition) is 2. The molecule has 1 unspecified atom stereocenters. The molecule has 0 bridgehead atoms. The van der Waals surface area contributed by atoms with Crippen LogP contribution in [0.5, 0.6) is 0 Å². The minimum atomic E-state index is -4.35. The van der Waals surface area contributed by atoms with Gasteiger partial charge in [-0.05, 0) is 51.2 Å². The molecule has 2 aliphatic rings. The van der Waals surface area contributed by atoms with Crippen LogP contribution in [0.2, 0.25) is 0 Å². The molecule has 2 aliphatic heterocycles. The quantitative estimate of drug-likeness (QED) is 0.389. The lowest BCUT2D eigenvalue weighted by atomic mass is 10.0. The van der Waals surface area contributed by atoms with E-state index in [1.54, 1.807) is 13.1 Å². The summed E-state index contributed by atoms with van der Waals surface area (Å²) in [5, 5.41) is 6.61. The van der Waals surface area contributed by atoms with Crippen molar-refractivity contribution in [2.45, 2.75) is 51.4 Å². The Morgan fingerprint density at radius 3 is 2.34 bits per heavy atom. The van der Waals surface area contributed by atoms with Crippen molar-refractivity contribution in [1.29, 1.82) is 0 Å². The van der Waals surface area contributed by atoms with E-state index in [-0.39, 0.29) is 0 Å². The van der Waals surface area contributed by atoms with Crippen LogP contribution in [0.25, 0.3) is 11.3 Å². The van der Waals surface area contributed by atoms with Crippen molar-refractivity contribution < 1.29 is 13.2 Å². The Bertz CT molecular complexity index is 1190. The summed E-state index contributed by atoms with van der Waals surface area (Å²) >= 11 is 0. The minimum Gasteiger partial charge on any atom is -0.382 e. The molecule has 0 amide bonds. The number of alkyl halides is 3. The summed E-state index contributed by atoms with van der Waals surface area (Å²) in [5.74, 6) is 0.388. The molecule has 2 aromatic carbocycles. The standard InChI is InChI=1S/C27H31F3N6.C2H6/c1-31-26-33-22(18-7-4-3-5-8-18)16-23(34-26)25-15-20-21(32-19-11-13-35(2)14-12-19)9-6-10-24(20)36(25)17-27(28,29)30;1-2/h3-10,16,19,25,32H,11-15,17H2,1-2H3,(H,31,33,34);1-2H3. The van der Waals surface area contributed by atoms with E-state index in [0.717, 1.165) is 42.7 Å². The highest BCUT2D eigenvalue weighted by Gasteiger charge is 2.41. The van der Waals surface area contributed by atoms with E-state index in [2.05, 4.69) is 32.5 Å². The minimum absolute atomic E-state index is 0.308. The third kappa shape index (κ3) is 6.38. The number of benzene rings is 2. The first-order valence-electron chi connectivity index (χ1n) is 13.3. The lowest BCUT2D eigenvalue weighted by molar-refractivity contribution is -0.120. The van der Waals surface area contributed by atoms with Gasteiger partial charge in [0.15, 0.2) is 0 Å². The molecule has 38 heavy (non-hydrogen) atoms. The average molecular weight is 527 g/mol. The molecule has 2 N–H and O–H groups in total. The maximum Gasteiger partial charge on any atom is 0.405 e. The maximum atomic E-state index is 13.8. The number of anilines is 3. The molecule has 0 aliphatic carbocycles. The summed E-state index contributed by atoms with van der Waals surface area (Å²) in [6, 6.07) is 16.8. The van der Waals surface area contributed by atoms with Crippen LogP contribution in [0.4, 0.5) is 30.5 Å². The SMILES string of the molecule is CC.CNc1nc(-c2ccccc2)cc(C2Cc3c(NC4CCN(C)CC4)cccc3N2CC(F)(F)F)n1. The van der Waals surface area contributed by atoms with Gasteiger partial charge in [0.05, 0.1) is 17.4 Å². The highest BCUT2D eigenvalue weighted by molar-refractivity contribution is 5.72. The molecule has 6 nitrogen and oxygen atoms in total. The molecule has 0 radical (unpaired) electrons. The number of fused-ring (bicyclic) bond motifs is 1. The van der Waals surface area contributed by atoms with Crippen LogP contribution in [-0.2, 0) is 6.42 Å². The molecular formula is C29H37F3N6. The Morgan fingerprint density at radius 1 is 0.974 bits per heavy atom. The first-order valence-corrected chi connectivity index (χ1v) is 13.3. The van der Waals surface area contributed by atoms with Crippen molar-refractivity contribution in [3.63, 3.8) is 0 Å². The molecule has 1 atom stereocenters. The van der Waals surface area contributed by atoms with Crippen LogP contribution in [0.15, 0.2) is 54.6 Å². The van der Waals surface area contributed by atoms with E-state index >= 15 is 0 Å². The summed E-state index contributed by atoms with van der Waals surface area (Å²) in [6.45, 7) is 4.97. The highest BCUT2D eigenvalue weighted by atomic mass is 19.4. The molecule has 1 aromatic heterocycles. The van der Waals surface area contributed by atoms with Crippen LogP contribution >= 0.6 is 0 Å². The van der Waals surface area contributed by atoms with Gasteiger partial charge in [0, 0.05) is 42.0 Å². The van der Waals surface area contributed by atoms with Gasteiger partial charge in [-0.3, -0.25) is 0 Å². The summed E-state index contributed by atoms with van der Waals surface area (Å²) in [6.07, 6.45) is -1.89. The molecule has 0 spiro atoms. The van der Waals surface area contributed by atoms with Gasteiger partial charge in [-0.15, -0.1) is 0 Å². The Hall–Kier alpha value is -3.33. The van der Waals surface area contributed by atoms with Crippen LogP contribution < -0.4 is 15.5 Å². The van der Waals surface area contributed by atoms with Gasteiger partial charge in [-0.1, -0.05) is 50.2 Å². The lowest BCUT2D eigenvalue weighted by Crippen LogP contribution is -2.36. The highest BCUT2D eigenvalue weighted by Crippen LogP contribution is 2.45. The van der Waals surface area contributed by atoms with Gasteiger partial charge in [-0.2, -0.15) is 13.2 Å². The maximum absolute atomic E-state index is 13.8. The van der Waals surface area contributed by atoms with Crippen LogP contribution in [0.3, 0.4) is 0 Å². The summed E-state index contributed by atoms with van der Waals surface area (Å²) in [7, 11) is 3.83. The number of nitrogens with one attached hydrogen (secondary N) is 2. The van der Waals surface area contributed by atoms with E-state index in [9.17, 15) is 13.2 Å². The van der Waals surface area contributed by atoms with Crippen LogP contribution in [0.1, 0.15) is 44.0 Å². The number of hydrogen-bond acceptors (Lipinski definition) is 6. The predicted octanol–water partition coefficient (Wildman–Crippen LogP) is 6.38. The van der Waals surface area contributed by atoms with Gasteiger partial charge >= 0.3 is 6.18 Å². The monoisotopic (exact) mass is 526 g/mol. The molecule has 3 heterocycles. The van der Waals surface area contributed by atoms with Crippen molar-refractivity contribution in [3.05, 3.63) is 65.9 Å². The lowest BCUT2D eigenvalue weighted by Gasteiger charge is -2.31. The van der Waals surface area contributed by atoms with Gasteiger partial charge in [0.25, 0.3) is 0 Å². The van der Waals surface area contributed by atoms with Crippen LogP contribution in [0, 0.1) is 0 Å². The summed E-state index contributed by atoms with van der Waals surface area (Å²) < 4.78 is 41.3. The van der Waals surface area contributed by atoms with E-state index < -0.39 is 18.8 Å². The molecule has 3 aromatic rings.